The normalized spacial score (nSPS) is 16.2. The second kappa shape index (κ2) is 3.71. The smallest absolute Gasteiger partial charge is 0.392 e. The van der Waals surface area contributed by atoms with Crippen molar-refractivity contribution < 1.29 is 31.8 Å². The lowest BCUT2D eigenvalue weighted by molar-refractivity contribution is -0.396. The second-order valence-corrected chi connectivity index (χ2v) is 2.21. The summed E-state index contributed by atoms with van der Waals surface area (Å²) in [6.07, 6.45) is -11.2. The number of aliphatic hydroxyl groups excluding tert-OH is 1. The first kappa shape index (κ1) is 11.9. The molecule has 0 saturated heterocycles. The van der Waals surface area contributed by atoms with Gasteiger partial charge in [-0.05, 0) is 0 Å². The van der Waals surface area contributed by atoms with Crippen LogP contribution in [0.25, 0.3) is 0 Å². The Morgan fingerprint density at radius 1 is 1.25 bits per heavy atom. The summed E-state index contributed by atoms with van der Waals surface area (Å²) in [6.45, 7) is -1.13. The van der Waals surface area contributed by atoms with Gasteiger partial charge in [-0.2, -0.15) is 22.0 Å². The highest BCUT2D eigenvalue weighted by Crippen LogP contribution is 2.37. The molecule has 2 nitrogen and oxygen atoms in total. The lowest BCUT2D eigenvalue weighted by Gasteiger charge is -2.21. The Labute approximate surface area is 68.9 Å². The molecule has 8 heteroatoms. The summed E-state index contributed by atoms with van der Waals surface area (Å²) >= 11 is 4.70. The van der Waals surface area contributed by atoms with Gasteiger partial charge in [0.2, 0.25) is 0 Å². The molecule has 0 aliphatic rings. The molecular weight excluding hydrogens is 210 g/mol. The van der Waals surface area contributed by atoms with Crippen LogP contribution in [0.4, 0.5) is 22.0 Å². The average Bonchev–Trinajstić information content (AvgIpc) is 1.84. The van der Waals surface area contributed by atoms with Crippen molar-refractivity contribution in [1.82, 2.24) is 0 Å². The van der Waals surface area contributed by atoms with Gasteiger partial charge in [-0.15, -0.1) is 0 Å². The minimum absolute atomic E-state index is 1.13. The van der Waals surface area contributed by atoms with Crippen LogP contribution >= 0.6 is 11.6 Å². The highest BCUT2D eigenvalue weighted by Gasteiger charge is 2.60. The van der Waals surface area contributed by atoms with Gasteiger partial charge in [-0.3, -0.25) is 4.74 Å². The summed E-state index contributed by atoms with van der Waals surface area (Å²) in [5.74, 6) is 0. The summed E-state index contributed by atoms with van der Waals surface area (Å²) in [7, 11) is 0. The molecule has 1 atom stereocenters. The highest BCUT2D eigenvalue weighted by atomic mass is 35.5. The third-order valence-corrected chi connectivity index (χ3v) is 0.977. The van der Waals surface area contributed by atoms with E-state index in [0.29, 0.717) is 0 Å². The van der Waals surface area contributed by atoms with Crippen LogP contribution in [0, 0.1) is 0 Å². The van der Waals surface area contributed by atoms with Gasteiger partial charge in [0.15, 0.2) is 5.56 Å². The monoisotopic (exact) mass is 214 g/mol. The van der Waals surface area contributed by atoms with Crippen molar-refractivity contribution in [3.63, 3.8) is 0 Å². The fraction of sp³-hybridized carbons (Fsp3) is 1.00. The summed E-state index contributed by atoms with van der Waals surface area (Å²) in [6, 6.07) is 0. The minimum atomic E-state index is -5.82. The zero-order valence-corrected chi connectivity index (χ0v) is 6.16. The van der Waals surface area contributed by atoms with Gasteiger partial charge >= 0.3 is 12.3 Å². The molecule has 0 saturated carbocycles. The largest absolute Gasteiger partial charge is 0.483 e. The summed E-state index contributed by atoms with van der Waals surface area (Å²) in [5.41, 5.74) is -2.08. The van der Waals surface area contributed by atoms with Gasteiger partial charge in [-0.1, -0.05) is 11.6 Å². The molecule has 0 heterocycles. The van der Waals surface area contributed by atoms with Crippen LogP contribution in [-0.4, -0.2) is 29.6 Å². The Hall–Kier alpha value is -0.140. The van der Waals surface area contributed by atoms with E-state index in [-0.39, 0.29) is 0 Å². The second-order valence-electron chi connectivity index (χ2n) is 1.73. The number of ether oxygens (including phenoxy) is 1. The van der Waals surface area contributed by atoms with Crippen molar-refractivity contribution in [2.24, 2.45) is 0 Å². The van der Waals surface area contributed by atoms with Crippen molar-refractivity contribution in [1.29, 1.82) is 0 Å². The van der Waals surface area contributed by atoms with Gasteiger partial charge < -0.3 is 5.11 Å². The fourth-order valence-electron chi connectivity index (χ4n) is 0.265. The van der Waals surface area contributed by atoms with E-state index in [1.54, 1.807) is 0 Å². The molecule has 0 aromatic rings. The van der Waals surface area contributed by atoms with Crippen LogP contribution in [0.2, 0.25) is 0 Å². The molecule has 0 bridgehead atoms. The van der Waals surface area contributed by atoms with Crippen LogP contribution in [0.1, 0.15) is 0 Å². The van der Waals surface area contributed by atoms with Crippen LogP contribution in [0.5, 0.6) is 0 Å². The molecule has 1 unspecified atom stereocenters. The third-order valence-electron chi connectivity index (χ3n) is 0.749. The maximum atomic E-state index is 11.8. The molecule has 0 radical (unpaired) electrons. The van der Waals surface area contributed by atoms with Gasteiger partial charge in [0.1, 0.15) is 0 Å². The minimum Gasteiger partial charge on any atom is -0.392 e. The summed E-state index contributed by atoms with van der Waals surface area (Å²) < 4.78 is 60.6. The average molecular weight is 215 g/mol. The van der Waals surface area contributed by atoms with Crippen molar-refractivity contribution in [2.75, 3.05) is 6.61 Å². The first-order chi connectivity index (χ1) is 5.20. The molecule has 74 valence electrons. The first-order valence-corrected chi connectivity index (χ1v) is 3.01. The zero-order chi connectivity index (χ0) is 9.99. The molecule has 1 N–H and O–H groups in total. The van der Waals surface area contributed by atoms with Crippen LogP contribution in [0.15, 0.2) is 0 Å². The lowest BCUT2D eigenvalue weighted by Crippen LogP contribution is -2.41. The van der Waals surface area contributed by atoms with E-state index in [4.69, 9.17) is 16.7 Å². The zero-order valence-electron chi connectivity index (χ0n) is 5.41. The van der Waals surface area contributed by atoms with Crippen molar-refractivity contribution in [2.45, 2.75) is 17.8 Å². The van der Waals surface area contributed by atoms with Crippen molar-refractivity contribution in [3.05, 3.63) is 0 Å². The van der Waals surface area contributed by atoms with E-state index in [0.717, 1.165) is 0 Å². The fourth-order valence-corrected chi connectivity index (χ4v) is 0.377. The molecular formula is C4H4ClF5O2. The molecule has 0 rings (SSSR count). The Morgan fingerprint density at radius 3 is 1.92 bits per heavy atom. The SMILES string of the molecule is OCC(Cl)OC(F)(F)C(F)(F)F. The van der Waals surface area contributed by atoms with Crippen LogP contribution < -0.4 is 0 Å². The Morgan fingerprint density at radius 2 is 1.67 bits per heavy atom. The van der Waals surface area contributed by atoms with Crippen LogP contribution in [-0.2, 0) is 4.74 Å². The Balaban J connectivity index is 4.22. The highest BCUT2D eigenvalue weighted by molar-refractivity contribution is 6.19. The summed E-state index contributed by atoms with van der Waals surface area (Å²) in [5, 5.41) is 8.01. The Kier molecular flexibility index (Phi) is 3.67. The molecule has 0 spiro atoms. The molecule has 12 heavy (non-hydrogen) atoms. The van der Waals surface area contributed by atoms with E-state index in [2.05, 4.69) is 4.74 Å². The van der Waals surface area contributed by atoms with E-state index >= 15 is 0 Å². The van der Waals surface area contributed by atoms with Crippen LogP contribution in [0.3, 0.4) is 0 Å². The predicted octanol–water partition coefficient (Wildman–Crippen LogP) is 1.72. The van der Waals surface area contributed by atoms with E-state index in [1.807, 2.05) is 0 Å². The number of halogens is 6. The van der Waals surface area contributed by atoms with E-state index in [1.165, 1.54) is 0 Å². The topological polar surface area (TPSA) is 29.5 Å². The maximum Gasteiger partial charge on any atom is 0.483 e. The van der Waals surface area contributed by atoms with E-state index < -0.39 is 24.5 Å². The molecule has 0 aromatic heterocycles. The lowest BCUT2D eigenvalue weighted by atomic mass is 10.6. The molecule has 0 amide bonds. The summed E-state index contributed by atoms with van der Waals surface area (Å²) in [4.78, 5) is 0. The Bertz CT molecular complexity index is 147. The molecule has 0 fully saturated rings. The maximum absolute atomic E-state index is 11.8. The van der Waals surface area contributed by atoms with Gasteiger partial charge in [0.25, 0.3) is 0 Å². The number of aliphatic hydroxyl groups is 1. The number of hydrogen-bond donors (Lipinski definition) is 1. The number of alkyl halides is 6. The third kappa shape index (κ3) is 3.08. The van der Waals surface area contributed by atoms with E-state index in [9.17, 15) is 22.0 Å². The van der Waals surface area contributed by atoms with Crippen molar-refractivity contribution in [3.8, 4) is 0 Å². The molecule has 0 aromatic carbocycles. The van der Waals surface area contributed by atoms with Gasteiger partial charge in [0.05, 0.1) is 6.61 Å². The molecule has 0 aliphatic heterocycles. The predicted molar refractivity (Wildman–Crippen MR) is 28.8 cm³/mol. The quantitative estimate of drug-likeness (QED) is 0.573. The molecule has 0 aliphatic carbocycles. The standard InChI is InChI=1S/C4H4ClF5O2/c5-2(1-11)12-4(9,10)3(6,7)8/h2,11H,1H2. The van der Waals surface area contributed by atoms with Crippen molar-refractivity contribution >= 4 is 11.6 Å². The number of rotatable bonds is 3. The first-order valence-electron chi connectivity index (χ1n) is 2.58. The number of hydrogen-bond acceptors (Lipinski definition) is 2. The van der Waals surface area contributed by atoms with Gasteiger partial charge in [0, 0.05) is 0 Å². The van der Waals surface area contributed by atoms with Gasteiger partial charge in [-0.25, -0.2) is 0 Å².